The van der Waals surface area contributed by atoms with Crippen molar-refractivity contribution in [3.63, 3.8) is 0 Å². The number of imidazole rings is 1. The lowest BCUT2D eigenvalue weighted by atomic mass is 10.1. The van der Waals surface area contributed by atoms with Crippen LogP contribution in [0.5, 0.6) is 0 Å². The van der Waals surface area contributed by atoms with Crippen molar-refractivity contribution in [2.75, 3.05) is 18.8 Å². The normalized spacial score (nSPS) is 15.8. The van der Waals surface area contributed by atoms with E-state index in [4.69, 9.17) is 23.1 Å². The van der Waals surface area contributed by atoms with Crippen molar-refractivity contribution < 1.29 is 9.59 Å². The van der Waals surface area contributed by atoms with Crippen molar-refractivity contribution in [3.05, 3.63) is 53.0 Å². The van der Waals surface area contributed by atoms with Crippen molar-refractivity contribution in [2.45, 2.75) is 24.9 Å². The second-order valence-corrected chi connectivity index (χ2v) is 8.38. The molecule has 2 amide bonds. The molecule has 162 valence electrons. The van der Waals surface area contributed by atoms with Crippen LogP contribution in [0.25, 0.3) is 11.0 Å². The Morgan fingerprint density at radius 1 is 1.22 bits per heavy atom. The first-order valence-electron chi connectivity index (χ1n) is 10.1. The van der Waals surface area contributed by atoms with Gasteiger partial charge in [0.25, 0.3) is 5.91 Å². The Kier molecular flexibility index (Phi) is 4.68. The third-order valence-corrected chi connectivity index (χ3v) is 6.12. The van der Waals surface area contributed by atoms with Gasteiger partial charge in [-0.1, -0.05) is 24.1 Å². The Hall–Kier alpha value is -3.77. The molecule has 9 nitrogen and oxygen atoms in total. The summed E-state index contributed by atoms with van der Waals surface area (Å²) in [6.45, 7) is 4.30. The lowest BCUT2D eigenvalue weighted by Gasteiger charge is -2.38. The van der Waals surface area contributed by atoms with Gasteiger partial charge >= 0.3 is 0 Å². The van der Waals surface area contributed by atoms with Crippen LogP contribution in [-0.2, 0) is 4.79 Å². The molecular formula is C22H20ClN7O2. The largest absolute Gasteiger partial charge is 0.383 e. The number of hydrogen-bond acceptors (Lipinski definition) is 5. The van der Waals surface area contributed by atoms with E-state index in [-0.39, 0.29) is 29.0 Å². The highest BCUT2D eigenvalue weighted by Gasteiger charge is 2.34. The van der Waals surface area contributed by atoms with Gasteiger partial charge in [0.05, 0.1) is 28.4 Å². The molecule has 1 aliphatic carbocycles. The maximum absolute atomic E-state index is 12.0. The molecule has 1 saturated heterocycles. The molecule has 0 bridgehead atoms. The van der Waals surface area contributed by atoms with Crippen molar-refractivity contribution in [1.29, 1.82) is 0 Å². The van der Waals surface area contributed by atoms with Crippen LogP contribution in [0.3, 0.4) is 0 Å². The first-order valence-corrected chi connectivity index (χ1v) is 10.5. The van der Waals surface area contributed by atoms with E-state index in [9.17, 15) is 9.59 Å². The van der Waals surface area contributed by atoms with E-state index in [0.717, 1.165) is 23.9 Å². The molecule has 4 N–H and O–H groups in total. The molecule has 2 aromatic heterocycles. The summed E-state index contributed by atoms with van der Waals surface area (Å²) in [4.78, 5) is 29.8. The Balaban J connectivity index is 1.47. The Morgan fingerprint density at radius 2 is 1.97 bits per heavy atom. The number of nitrogen functional groups attached to an aromatic ring is 1. The standard InChI is InChI=1S/C22H20ClN7O2/c1-2-19(31)28-9-14(10-28)30-21(24)20(22(25)32)16(27-30)6-3-12-7-17-18(8-15(12)23)29(11-26-17)13-4-5-13/h2,7-8,11,13-14H,1,4-5,9-10,24H2,(H2,25,32). The minimum absolute atomic E-state index is 0.0567. The Morgan fingerprint density at radius 3 is 2.62 bits per heavy atom. The van der Waals surface area contributed by atoms with Crippen LogP contribution in [-0.4, -0.2) is 49.1 Å². The lowest BCUT2D eigenvalue weighted by molar-refractivity contribution is -0.131. The molecule has 2 aliphatic rings. The molecule has 1 aromatic carbocycles. The van der Waals surface area contributed by atoms with E-state index < -0.39 is 5.91 Å². The van der Waals surface area contributed by atoms with Gasteiger partial charge < -0.3 is 20.9 Å². The molecule has 0 spiro atoms. The maximum atomic E-state index is 12.0. The molecule has 1 saturated carbocycles. The third kappa shape index (κ3) is 3.29. The highest BCUT2D eigenvalue weighted by Crippen LogP contribution is 2.38. The van der Waals surface area contributed by atoms with Gasteiger partial charge in [-0.3, -0.25) is 9.59 Å². The van der Waals surface area contributed by atoms with E-state index in [0.29, 0.717) is 29.7 Å². The van der Waals surface area contributed by atoms with Crippen molar-refractivity contribution in [2.24, 2.45) is 5.73 Å². The number of primary amides is 1. The average molecular weight is 450 g/mol. The number of anilines is 1. The first kappa shape index (κ1) is 20.2. The predicted octanol–water partition coefficient (Wildman–Crippen LogP) is 1.87. The summed E-state index contributed by atoms with van der Waals surface area (Å²) in [5.74, 6) is 5.10. The first-order chi connectivity index (χ1) is 15.4. The van der Waals surface area contributed by atoms with Gasteiger partial charge in [-0.25, -0.2) is 9.67 Å². The Bertz CT molecular complexity index is 1350. The third-order valence-electron chi connectivity index (χ3n) is 5.81. The number of halogens is 1. The average Bonchev–Trinajstić information content (AvgIpc) is 3.41. The highest BCUT2D eigenvalue weighted by molar-refractivity contribution is 6.32. The summed E-state index contributed by atoms with van der Waals surface area (Å²) >= 11 is 6.47. The SMILES string of the molecule is C=CC(=O)N1CC(n2nc(C#Cc3cc4ncn(C5CC5)c4cc3Cl)c(C(N)=O)c2N)C1. The molecule has 1 aliphatic heterocycles. The van der Waals surface area contributed by atoms with Gasteiger partial charge in [0.1, 0.15) is 11.4 Å². The second kappa shape index (κ2) is 7.43. The smallest absolute Gasteiger partial charge is 0.255 e. The zero-order valence-corrected chi connectivity index (χ0v) is 17.8. The number of carbonyl (C=O) groups is 2. The Labute approximate surface area is 188 Å². The number of hydrogen-bond donors (Lipinski definition) is 2. The number of rotatable bonds is 4. The summed E-state index contributed by atoms with van der Waals surface area (Å²) in [6, 6.07) is 3.99. The van der Waals surface area contributed by atoms with E-state index in [1.807, 2.05) is 18.5 Å². The van der Waals surface area contributed by atoms with Crippen molar-refractivity contribution >= 4 is 40.3 Å². The zero-order chi connectivity index (χ0) is 22.6. The van der Waals surface area contributed by atoms with E-state index >= 15 is 0 Å². The number of aromatic nitrogens is 4. The fraction of sp³-hybridized carbons (Fsp3) is 0.273. The number of likely N-dealkylation sites (tertiary alicyclic amines) is 1. The van der Waals surface area contributed by atoms with E-state index in [2.05, 4.69) is 33.1 Å². The number of fused-ring (bicyclic) bond motifs is 1. The molecule has 0 radical (unpaired) electrons. The molecule has 5 rings (SSSR count). The summed E-state index contributed by atoms with van der Waals surface area (Å²) in [6.07, 6.45) is 5.36. The van der Waals surface area contributed by atoms with Crippen LogP contribution in [0.15, 0.2) is 31.1 Å². The van der Waals surface area contributed by atoms with Gasteiger partial charge in [0, 0.05) is 24.7 Å². The van der Waals surface area contributed by atoms with Crippen LogP contribution in [0.1, 0.15) is 46.5 Å². The topological polar surface area (TPSA) is 125 Å². The van der Waals surface area contributed by atoms with E-state index in [1.54, 1.807) is 4.90 Å². The number of carbonyl (C=O) groups excluding carboxylic acids is 2. The maximum Gasteiger partial charge on any atom is 0.255 e. The number of nitrogens with two attached hydrogens (primary N) is 2. The van der Waals surface area contributed by atoms with Crippen LogP contribution in [0, 0.1) is 11.8 Å². The van der Waals surface area contributed by atoms with Crippen LogP contribution < -0.4 is 11.5 Å². The van der Waals surface area contributed by atoms with Gasteiger partial charge in [-0.05, 0) is 37.0 Å². The molecule has 3 heterocycles. The van der Waals surface area contributed by atoms with Crippen LogP contribution >= 0.6 is 11.6 Å². The van der Waals surface area contributed by atoms with Gasteiger partial charge in [0.2, 0.25) is 5.91 Å². The minimum Gasteiger partial charge on any atom is -0.383 e. The molecular weight excluding hydrogens is 430 g/mol. The van der Waals surface area contributed by atoms with Gasteiger partial charge in [-0.15, -0.1) is 0 Å². The fourth-order valence-corrected chi connectivity index (χ4v) is 4.09. The van der Waals surface area contributed by atoms with Gasteiger partial charge in [-0.2, -0.15) is 5.10 Å². The molecule has 3 aromatic rings. The van der Waals surface area contributed by atoms with Crippen molar-refractivity contribution in [1.82, 2.24) is 24.2 Å². The number of amides is 2. The quantitative estimate of drug-likeness (QED) is 0.464. The molecule has 0 atom stereocenters. The molecule has 2 fully saturated rings. The van der Waals surface area contributed by atoms with Crippen LogP contribution in [0.2, 0.25) is 5.02 Å². The number of nitrogens with zero attached hydrogens (tertiary/aromatic N) is 5. The summed E-state index contributed by atoms with van der Waals surface area (Å²) in [7, 11) is 0. The summed E-state index contributed by atoms with van der Waals surface area (Å²) in [5, 5.41) is 4.89. The molecule has 10 heteroatoms. The minimum atomic E-state index is -0.721. The lowest BCUT2D eigenvalue weighted by Crippen LogP contribution is -2.50. The predicted molar refractivity (Wildman–Crippen MR) is 120 cm³/mol. The highest BCUT2D eigenvalue weighted by atomic mass is 35.5. The van der Waals surface area contributed by atoms with E-state index in [1.165, 1.54) is 10.8 Å². The summed E-state index contributed by atoms with van der Waals surface area (Å²) < 4.78 is 3.63. The second-order valence-electron chi connectivity index (χ2n) is 7.97. The molecule has 32 heavy (non-hydrogen) atoms. The van der Waals surface area contributed by atoms with Gasteiger partial charge in [0.15, 0.2) is 5.69 Å². The zero-order valence-electron chi connectivity index (χ0n) is 17.1. The monoisotopic (exact) mass is 449 g/mol. The number of benzene rings is 1. The summed E-state index contributed by atoms with van der Waals surface area (Å²) in [5.41, 5.74) is 14.2. The van der Waals surface area contributed by atoms with Crippen LogP contribution in [0.4, 0.5) is 5.82 Å². The fourth-order valence-electron chi connectivity index (χ4n) is 3.89. The van der Waals surface area contributed by atoms with Crippen molar-refractivity contribution in [3.8, 4) is 11.8 Å². The molecule has 0 unspecified atom stereocenters.